The van der Waals surface area contributed by atoms with Crippen molar-refractivity contribution in [2.75, 3.05) is 5.73 Å². The molecule has 0 atom stereocenters. The molecule has 106 valence electrons. The van der Waals surface area contributed by atoms with E-state index in [1.165, 1.54) is 18.2 Å². The molecule has 0 heterocycles. The Hall–Kier alpha value is -2.11. The highest BCUT2D eigenvalue weighted by Crippen LogP contribution is 2.34. The smallest absolute Gasteiger partial charge is 0.399 e. The van der Waals surface area contributed by atoms with Crippen molar-refractivity contribution in [1.82, 2.24) is 0 Å². The van der Waals surface area contributed by atoms with Crippen LogP contribution >= 0.6 is 0 Å². The number of anilines is 1. The van der Waals surface area contributed by atoms with E-state index in [0.29, 0.717) is 0 Å². The fraction of sp³-hybridized carbons (Fsp3) is 0.143. The van der Waals surface area contributed by atoms with Crippen LogP contribution in [0, 0.1) is 0 Å². The van der Waals surface area contributed by atoms with Gasteiger partial charge in [-0.15, -0.1) is 0 Å². The van der Waals surface area contributed by atoms with Crippen molar-refractivity contribution in [3.05, 3.63) is 53.6 Å². The molecule has 6 heteroatoms. The highest BCUT2D eigenvalue weighted by molar-refractivity contribution is 5.69. The van der Waals surface area contributed by atoms with E-state index in [1.807, 2.05) is 0 Å². The van der Waals surface area contributed by atoms with Gasteiger partial charge in [0.25, 0.3) is 6.43 Å². The Labute approximate surface area is 111 Å². The van der Waals surface area contributed by atoms with Gasteiger partial charge in [0, 0.05) is 11.3 Å². The van der Waals surface area contributed by atoms with Gasteiger partial charge < -0.3 is 5.73 Å². The zero-order valence-corrected chi connectivity index (χ0v) is 10.1. The fourth-order valence-electron chi connectivity index (χ4n) is 1.84. The van der Waals surface area contributed by atoms with Gasteiger partial charge in [-0.2, -0.15) is 13.2 Å². The Morgan fingerprint density at radius 3 is 2.20 bits per heavy atom. The van der Waals surface area contributed by atoms with Crippen molar-refractivity contribution in [1.29, 1.82) is 0 Å². The highest BCUT2D eigenvalue weighted by atomic mass is 19.4. The summed E-state index contributed by atoms with van der Waals surface area (Å²) in [7, 11) is 0. The lowest BCUT2D eigenvalue weighted by Crippen LogP contribution is -2.04. The minimum Gasteiger partial charge on any atom is -0.399 e. The van der Waals surface area contributed by atoms with E-state index >= 15 is 0 Å². The third kappa shape index (κ3) is 3.07. The molecule has 0 radical (unpaired) electrons. The van der Waals surface area contributed by atoms with Crippen LogP contribution in [-0.4, -0.2) is 0 Å². The summed E-state index contributed by atoms with van der Waals surface area (Å²) < 4.78 is 63.2. The first-order valence-electron chi connectivity index (χ1n) is 5.63. The fourth-order valence-corrected chi connectivity index (χ4v) is 1.84. The lowest BCUT2D eigenvalue weighted by Gasteiger charge is -2.10. The first kappa shape index (κ1) is 14.3. The van der Waals surface area contributed by atoms with Crippen LogP contribution in [0.3, 0.4) is 0 Å². The largest absolute Gasteiger partial charge is 0.416 e. The van der Waals surface area contributed by atoms with Crippen LogP contribution in [0.15, 0.2) is 42.5 Å². The van der Waals surface area contributed by atoms with E-state index in [1.54, 1.807) is 0 Å². The van der Waals surface area contributed by atoms with E-state index in [4.69, 9.17) is 5.73 Å². The maximum absolute atomic E-state index is 12.7. The Bertz CT molecular complexity index is 619. The number of nitrogen functional groups attached to an aromatic ring is 1. The van der Waals surface area contributed by atoms with E-state index < -0.39 is 18.2 Å². The molecule has 0 amide bonds. The van der Waals surface area contributed by atoms with Crippen molar-refractivity contribution in [2.24, 2.45) is 0 Å². The number of rotatable bonds is 2. The van der Waals surface area contributed by atoms with Crippen LogP contribution in [0.5, 0.6) is 0 Å². The molecule has 0 saturated carbocycles. The summed E-state index contributed by atoms with van der Waals surface area (Å²) in [5.41, 5.74) is 4.84. The second kappa shape index (κ2) is 5.11. The van der Waals surface area contributed by atoms with Crippen LogP contribution in [0.2, 0.25) is 0 Å². The predicted octanol–water partition coefficient (Wildman–Crippen LogP) is 4.89. The molecule has 0 unspecified atom stereocenters. The van der Waals surface area contributed by atoms with Crippen molar-refractivity contribution in [3.8, 4) is 11.1 Å². The number of nitrogens with two attached hydrogens (primary N) is 1. The number of hydrogen-bond acceptors (Lipinski definition) is 1. The molecule has 0 aliphatic carbocycles. The summed E-state index contributed by atoms with van der Waals surface area (Å²) in [5, 5.41) is 0. The summed E-state index contributed by atoms with van der Waals surface area (Å²) in [6.07, 6.45) is -7.22. The van der Waals surface area contributed by atoms with Gasteiger partial charge in [-0.3, -0.25) is 0 Å². The highest BCUT2D eigenvalue weighted by Gasteiger charge is 2.30. The lowest BCUT2D eigenvalue weighted by molar-refractivity contribution is -0.137. The summed E-state index contributed by atoms with van der Waals surface area (Å²) >= 11 is 0. The summed E-state index contributed by atoms with van der Waals surface area (Å²) in [5.74, 6) is 0. The Morgan fingerprint density at radius 1 is 0.900 bits per heavy atom. The van der Waals surface area contributed by atoms with Crippen molar-refractivity contribution in [3.63, 3.8) is 0 Å². The first-order chi connectivity index (χ1) is 9.27. The van der Waals surface area contributed by atoms with E-state index in [9.17, 15) is 22.0 Å². The molecule has 2 N–H and O–H groups in total. The molecule has 0 fully saturated rings. The number of hydrogen-bond donors (Lipinski definition) is 1. The molecule has 20 heavy (non-hydrogen) atoms. The topological polar surface area (TPSA) is 26.0 Å². The van der Waals surface area contributed by atoms with Crippen LogP contribution in [-0.2, 0) is 6.18 Å². The van der Waals surface area contributed by atoms with Crippen LogP contribution in [0.25, 0.3) is 11.1 Å². The zero-order valence-electron chi connectivity index (χ0n) is 10.1. The third-order valence-electron chi connectivity index (χ3n) is 2.75. The quantitative estimate of drug-likeness (QED) is 0.617. The standard InChI is InChI=1S/C14H10F5N/c15-13(16)10-4-9(6-12(20)7-10)8-2-1-3-11(5-8)14(17,18)19/h1-7,13H,20H2. The Balaban J connectivity index is 2.51. The lowest BCUT2D eigenvalue weighted by atomic mass is 10.00. The van der Waals surface area contributed by atoms with Gasteiger partial charge >= 0.3 is 6.18 Å². The number of benzene rings is 2. The van der Waals surface area contributed by atoms with Gasteiger partial charge in [0.1, 0.15) is 0 Å². The molecule has 0 bridgehead atoms. The third-order valence-corrected chi connectivity index (χ3v) is 2.75. The zero-order chi connectivity index (χ0) is 14.9. The monoisotopic (exact) mass is 287 g/mol. The maximum Gasteiger partial charge on any atom is 0.416 e. The van der Waals surface area contributed by atoms with Crippen molar-refractivity contribution >= 4 is 5.69 Å². The Kier molecular flexibility index (Phi) is 3.65. The van der Waals surface area contributed by atoms with Gasteiger partial charge in [-0.25, -0.2) is 8.78 Å². The molecule has 0 aromatic heterocycles. The maximum atomic E-state index is 12.7. The molecule has 0 aliphatic heterocycles. The van der Waals surface area contributed by atoms with Gasteiger partial charge in [-0.05, 0) is 41.5 Å². The molecular formula is C14H10F5N. The first-order valence-corrected chi connectivity index (χ1v) is 5.63. The van der Waals surface area contributed by atoms with Crippen LogP contribution < -0.4 is 5.73 Å². The number of halogens is 5. The molecule has 0 spiro atoms. The second-order valence-electron chi connectivity index (χ2n) is 4.27. The molecule has 0 saturated heterocycles. The van der Waals surface area contributed by atoms with Gasteiger partial charge in [0.05, 0.1) is 5.56 Å². The minimum atomic E-state index is -4.48. The molecule has 2 aromatic carbocycles. The van der Waals surface area contributed by atoms with Gasteiger partial charge in [0.2, 0.25) is 0 Å². The molecule has 2 aromatic rings. The van der Waals surface area contributed by atoms with Crippen molar-refractivity contribution < 1.29 is 22.0 Å². The predicted molar refractivity (Wildman–Crippen MR) is 66.2 cm³/mol. The molecule has 2 rings (SSSR count). The molecule has 1 nitrogen and oxygen atoms in total. The van der Waals surface area contributed by atoms with Crippen molar-refractivity contribution in [2.45, 2.75) is 12.6 Å². The molecule has 0 aliphatic rings. The summed E-state index contributed by atoms with van der Waals surface area (Å²) in [6.45, 7) is 0. The van der Waals surface area contributed by atoms with E-state index in [0.717, 1.165) is 24.3 Å². The van der Waals surface area contributed by atoms with Gasteiger partial charge in [0.15, 0.2) is 0 Å². The van der Waals surface area contributed by atoms with Gasteiger partial charge in [-0.1, -0.05) is 12.1 Å². The Morgan fingerprint density at radius 2 is 1.60 bits per heavy atom. The van der Waals surface area contributed by atoms with Crippen LogP contribution in [0.4, 0.5) is 27.6 Å². The van der Waals surface area contributed by atoms with E-state index in [2.05, 4.69) is 0 Å². The molecular weight excluding hydrogens is 277 g/mol. The average Bonchev–Trinajstić information content (AvgIpc) is 2.37. The minimum absolute atomic E-state index is 0.0789. The average molecular weight is 287 g/mol. The number of alkyl halides is 5. The summed E-state index contributed by atoms with van der Waals surface area (Å²) in [6, 6.07) is 8.07. The van der Waals surface area contributed by atoms with E-state index in [-0.39, 0.29) is 22.4 Å². The van der Waals surface area contributed by atoms with Crippen LogP contribution in [0.1, 0.15) is 17.6 Å². The SMILES string of the molecule is Nc1cc(-c2cccc(C(F)(F)F)c2)cc(C(F)F)c1. The normalized spacial score (nSPS) is 11.9. The summed E-state index contributed by atoms with van der Waals surface area (Å²) in [4.78, 5) is 0. The second-order valence-corrected chi connectivity index (χ2v) is 4.27.